The number of hydrogen-bond acceptors (Lipinski definition) is 10. The van der Waals surface area contributed by atoms with E-state index < -0.39 is 12.9 Å². The number of fused-ring (bicyclic) bond motifs is 3. The number of nitrogens with zero attached hydrogens (tertiary/aromatic N) is 4. The standard InChI is InChI=1S/C28H27N7O5S/c1-30-27(37)22-19(9-20(33-34-22)32-26(36)16-3-4-16)31-18-6-5-15-7-8-40-23-17(21(15)24(18)39-2)13-41-25(23)28(38)35-11-14(10-29)12-35/h5-6,9,13-14,16H,3-4,7-8,11-12H2,1-2H3,(H,30,37)(H2,31,32,33,36)/i1D3. The van der Waals surface area contributed by atoms with Crippen LogP contribution >= 0.6 is 11.3 Å². The maximum Gasteiger partial charge on any atom is 0.273 e. The fourth-order valence-electron chi connectivity index (χ4n) is 4.87. The Kier molecular flexibility index (Phi) is 6.02. The zero-order valence-electron chi connectivity index (χ0n) is 24.9. The quantitative estimate of drug-likeness (QED) is 0.384. The van der Waals surface area contributed by atoms with E-state index >= 15 is 0 Å². The summed E-state index contributed by atoms with van der Waals surface area (Å²) >= 11 is 1.25. The Morgan fingerprint density at radius 2 is 2.07 bits per heavy atom. The van der Waals surface area contributed by atoms with Crippen molar-refractivity contribution in [1.29, 1.82) is 5.26 Å². The Labute approximate surface area is 243 Å². The van der Waals surface area contributed by atoms with E-state index in [1.54, 1.807) is 11.0 Å². The molecule has 0 unspecified atom stereocenters. The summed E-state index contributed by atoms with van der Waals surface area (Å²) in [6, 6.07) is 7.20. The second-order valence-corrected chi connectivity index (χ2v) is 10.8. The molecule has 4 heterocycles. The third-order valence-electron chi connectivity index (χ3n) is 7.22. The van der Waals surface area contributed by atoms with Gasteiger partial charge in [-0.2, -0.15) is 5.26 Å². The molecule has 1 saturated carbocycles. The molecule has 13 heteroatoms. The first kappa shape index (κ1) is 23.0. The Morgan fingerprint density at radius 3 is 2.80 bits per heavy atom. The van der Waals surface area contributed by atoms with Crippen LogP contribution in [0.4, 0.5) is 17.2 Å². The van der Waals surface area contributed by atoms with Gasteiger partial charge in [0.25, 0.3) is 11.8 Å². The lowest BCUT2D eigenvalue weighted by atomic mass is 9.97. The summed E-state index contributed by atoms with van der Waals surface area (Å²) in [6.07, 6.45) is 2.07. The minimum absolute atomic E-state index is 0.0854. The summed E-state index contributed by atoms with van der Waals surface area (Å²) in [4.78, 5) is 40.6. The molecule has 2 fully saturated rings. The van der Waals surface area contributed by atoms with Gasteiger partial charge < -0.3 is 30.3 Å². The van der Waals surface area contributed by atoms with E-state index in [1.807, 2.05) is 16.8 Å². The highest BCUT2D eigenvalue weighted by Crippen LogP contribution is 2.49. The van der Waals surface area contributed by atoms with Crippen LogP contribution in [0.3, 0.4) is 0 Å². The van der Waals surface area contributed by atoms with E-state index in [-0.39, 0.29) is 40.8 Å². The minimum atomic E-state index is -2.77. The summed E-state index contributed by atoms with van der Waals surface area (Å²) in [6.45, 7) is -1.70. The number of thiophene rings is 1. The Morgan fingerprint density at radius 1 is 1.24 bits per heavy atom. The third kappa shape index (κ3) is 4.91. The first-order valence-electron chi connectivity index (χ1n) is 14.5. The summed E-state index contributed by atoms with van der Waals surface area (Å²) in [7, 11) is 1.49. The number of nitriles is 1. The Balaban J connectivity index is 1.38. The van der Waals surface area contributed by atoms with Crippen molar-refractivity contribution in [3.05, 3.63) is 39.7 Å². The molecule has 0 atom stereocenters. The van der Waals surface area contributed by atoms with Gasteiger partial charge in [0.1, 0.15) is 4.88 Å². The fraction of sp³-hybridized carbons (Fsp3) is 0.357. The summed E-state index contributed by atoms with van der Waals surface area (Å²) in [5.74, 6) is -0.781. The molecular weight excluding hydrogens is 546 g/mol. The molecule has 3 aromatic rings. The number of ether oxygens (including phenoxy) is 2. The van der Waals surface area contributed by atoms with E-state index in [1.165, 1.54) is 24.5 Å². The predicted octanol–water partition coefficient (Wildman–Crippen LogP) is 3.20. The molecule has 41 heavy (non-hydrogen) atoms. The van der Waals surface area contributed by atoms with Crippen molar-refractivity contribution in [2.75, 3.05) is 44.4 Å². The number of benzene rings is 1. The minimum Gasteiger partial charge on any atom is -0.494 e. The van der Waals surface area contributed by atoms with Crippen LogP contribution in [0, 0.1) is 23.2 Å². The lowest BCUT2D eigenvalue weighted by Crippen LogP contribution is -2.49. The second-order valence-electron chi connectivity index (χ2n) is 9.96. The number of nitrogens with one attached hydrogen (secondary N) is 3. The number of likely N-dealkylation sites (tertiary alicyclic amines) is 1. The van der Waals surface area contributed by atoms with Gasteiger partial charge in [-0.1, -0.05) is 6.07 Å². The van der Waals surface area contributed by atoms with Crippen molar-refractivity contribution in [2.24, 2.45) is 11.8 Å². The number of methoxy groups -OCH3 is 1. The van der Waals surface area contributed by atoms with Crippen molar-refractivity contribution in [1.82, 2.24) is 20.4 Å². The zero-order chi connectivity index (χ0) is 31.2. The van der Waals surface area contributed by atoms with Gasteiger partial charge in [0.15, 0.2) is 23.0 Å². The fourth-order valence-corrected chi connectivity index (χ4v) is 5.84. The highest BCUT2D eigenvalue weighted by molar-refractivity contribution is 7.13. The summed E-state index contributed by atoms with van der Waals surface area (Å²) < 4.78 is 34.3. The van der Waals surface area contributed by atoms with Crippen molar-refractivity contribution in [2.45, 2.75) is 19.3 Å². The smallest absolute Gasteiger partial charge is 0.273 e. The number of amides is 3. The molecule has 1 saturated heterocycles. The van der Waals surface area contributed by atoms with Gasteiger partial charge in [-0.25, -0.2) is 0 Å². The lowest BCUT2D eigenvalue weighted by Gasteiger charge is -2.35. The van der Waals surface area contributed by atoms with Gasteiger partial charge in [0.2, 0.25) is 5.91 Å². The molecule has 2 aliphatic heterocycles. The van der Waals surface area contributed by atoms with Gasteiger partial charge >= 0.3 is 0 Å². The topological polar surface area (TPSA) is 159 Å². The van der Waals surface area contributed by atoms with Crippen LogP contribution in [0.2, 0.25) is 0 Å². The molecule has 0 radical (unpaired) electrons. The number of aromatic nitrogens is 2. The van der Waals surface area contributed by atoms with Crippen LogP contribution in [0.1, 0.15) is 42.7 Å². The van der Waals surface area contributed by atoms with Crippen LogP contribution in [0.25, 0.3) is 11.1 Å². The second kappa shape index (κ2) is 10.7. The molecular formula is C28H27N7O5S. The molecule has 3 N–H and O–H groups in total. The molecule has 2 aromatic heterocycles. The molecule has 3 amide bonds. The van der Waals surface area contributed by atoms with Crippen LogP contribution in [-0.2, 0) is 11.2 Å². The molecule has 6 rings (SSSR count). The average Bonchev–Trinajstić information content (AvgIpc) is 3.75. The van der Waals surface area contributed by atoms with Gasteiger partial charge in [-0.3, -0.25) is 14.4 Å². The van der Waals surface area contributed by atoms with Crippen LogP contribution in [-0.4, -0.2) is 66.6 Å². The first-order chi connectivity index (χ1) is 21.1. The Hall–Kier alpha value is -4.70. The summed E-state index contributed by atoms with van der Waals surface area (Å²) in [5.41, 5.74) is 2.45. The van der Waals surface area contributed by atoms with Crippen molar-refractivity contribution >= 4 is 46.3 Å². The van der Waals surface area contributed by atoms with E-state index in [9.17, 15) is 14.4 Å². The van der Waals surface area contributed by atoms with Crippen molar-refractivity contribution < 1.29 is 28.0 Å². The van der Waals surface area contributed by atoms with Gasteiger partial charge in [0, 0.05) is 59.1 Å². The van der Waals surface area contributed by atoms with E-state index in [4.69, 9.17) is 18.8 Å². The largest absolute Gasteiger partial charge is 0.494 e. The lowest BCUT2D eigenvalue weighted by molar-refractivity contribution is -0.117. The SMILES string of the molecule is [2H]C([2H])([2H])NC(=O)c1nnc(NC(=O)C2CC2)cc1Nc1ccc2c(c1OC)-c1csc(C(=O)N3CC(C#N)C3)c1OCC2. The maximum absolute atomic E-state index is 13.2. The van der Waals surface area contributed by atoms with E-state index in [0.717, 1.165) is 18.4 Å². The number of rotatable bonds is 7. The monoisotopic (exact) mass is 576 g/mol. The number of hydrogen-bond donors (Lipinski definition) is 3. The van der Waals surface area contributed by atoms with Gasteiger partial charge in [-0.05, 0) is 24.5 Å². The number of carbonyl (C=O) groups excluding carboxylic acids is 3. The van der Waals surface area contributed by atoms with Gasteiger partial charge in [-0.15, -0.1) is 21.5 Å². The van der Waals surface area contributed by atoms with Crippen LogP contribution in [0.5, 0.6) is 11.5 Å². The highest BCUT2D eigenvalue weighted by Gasteiger charge is 2.36. The van der Waals surface area contributed by atoms with Crippen LogP contribution < -0.4 is 25.4 Å². The van der Waals surface area contributed by atoms with Crippen LogP contribution in [0.15, 0.2) is 23.6 Å². The number of carbonyl (C=O) groups is 3. The highest BCUT2D eigenvalue weighted by atomic mass is 32.1. The first-order valence-corrected chi connectivity index (χ1v) is 13.9. The van der Waals surface area contributed by atoms with Crippen molar-refractivity contribution in [3.8, 4) is 28.7 Å². The normalized spacial score (nSPS) is 17.1. The number of anilines is 3. The predicted molar refractivity (Wildman–Crippen MR) is 151 cm³/mol. The zero-order valence-corrected chi connectivity index (χ0v) is 22.8. The Bertz CT molecular complexity index is 1710. The average molecular weight is 577 g/mol. The molecule has 1 aliphatic carbocycles. The molecule has 0 bridgehead atoms. The molecule has 12 nitrogen and oxygen atoms in total. The molecule has 210 valence electrons. The molecule has 0 spiro atoms. The van der Waals surface area contributed by atoms with E-state index in [2.05, 4.69) is 26.9 Å². The maximum atomic E-state index is 13.2. The van der Waals surface area contributed by atoms with E-state index in [0.29, 0.717) is 59.3 Å². The summed E-state index contributed by atoms with van der Waals surface area (Å²) in [5, 5.41) is 26.5. The molecule has 1 aromatic carbocycles. The van der Waals surface area contributed by atoms with Crippen molar-refractivity contribution in [3.63, 3.8) is 0 Å². The third-order valence-corrected chi connectivity index (χ3v) is 8.17. The van der Waals surface area contributed by atoms with Gasteiger partial charge in [0.05, 0.1) is 37.1 Å². The molecule has 3 aliphatic rings.